The number of pyridine rings is 2. The second-order valence-electron chi connectivity index (χ2n) is 6.97. The van der Waals surface area contributed by atoms with Crippen molar-refractivity contribution in [1.82, 2.24) is 24.7 Å². The maximum atomic E-state index is 13.6. The molecule has 0 aliphatic carbocycles. The summed E-state index contributed by atoms with van der Waals surface area (Å²) >= 11 is 1.40. The Morgan fingerprint density at radius 2 is 2.03 bits per heavy atom. The van der Waals surface area contributed by atoms with Gasteiger partial charge in [0.25, 0.3) is 0 Å². The SMILES string of the molecule is COC(C)c1c(NC(=O)Nc2cnc(-n3cccn3)c(C(F)(F)F)c2)cnc2sc(C)nc12. The number of hydrogen-bond donors (Lipinski definition) is 2. The van der Waals surface area contributed by atoms with Gasteiger partial charge in [0.1, 0.15) is 15.9 Å². The van der Waals surface area contributed by atoms with Crippen molar-refractivity contribution in [3.63, 3.8) is 0 Å². The van der Waals surface area contributed by atoms with Crippen LogP contribution in [0, 0.1) is 6.92 Å². The van der Waals surface area contributed by atoms with Crippen molar-refractivity contribution >= 4 is 39.1 Å². The van der Waals surface area contributed by atoms with E-state index in [-0.39, 0.29) is 5.69 Å². The lowest BCUT2D eigenvalue weighted by Gasteiger charge is -2.17. The molecule has 13 heteroatoms. The van der Waals surface area contributed by atoms with Crippen LogP contribution in [0.3, 0.4) is 0 Å². The van der Waals surface area contributed by atoms with E-state index < -0.39 is 29.7 Å². The summed E-state index contributed by atoms with van der Waals surface area (Å²) in [7, 11) is 1.52. The quantitative estimate of drug-likeness (QED) is 0.421. The van der Waals surface area contributed by atoms with Gasteiger partial charge in [-0.3, -0.25) is 0 Å². The Bertz CT molecular complexity index is 1310. The second-order valence-corrected chi connectivity index (χ2v) is 8.15. The number of nitrogens with one attached hydrogen (secondary N) is 2. The average Bonchev–Trinajstić information content (AvgIpc) is 3.41. The molecule has 0 radical (unpaired) electrons. The van der Waals surface area contributed by atoms with E-state index in [1.54, 1.807) is 6.92 Å². The predicted molar refractivity (Wildman–Crippen MR) is 117 cm³/mol. The maximum absolute atomic E-state index is 13.6. The average molecular weight is 477 g/mol. The highest BCUT2D eigenvalue weighted by atomic mass is 32.1. The third-order valence-electron chi connectivity index (χ3n) is 4.73. The number of alkyl halides is 3. The molecule has 1 unspecified atom stereocenters. The van der Waals surface area contributed by atoms with E-state index in [2.05, 4.69) is 30.7 Å². The lowest BCUT2D eigenvalue weighted by atomic mass is 10.1. The first-order valence-electron chi connectivity index (χ1n) is 9.61. The van der Waals surface area contributed by atoms with Crippen LogP contribution in [0.2, 0.25) is 0 Å². The van der Waals surface area contributed by atoms with Gasteiger partial charge < -0.3 is 15.4 Å². The van der Waals surface area contributed by atoms with Crippen molar-refractivity contribution in [2.75, 3.05) is 17.7 Å². The molecule has 0 aliphatic heterocycles. The Morgan fingerprint density at radius 1 is 1.24 bits per heavy atom. The number of urea groups is 1. The van der Waals surface area contributed by atoms with E-state index in [4.69, 9.17) is 4.74 Å². The summed E-state index contributed by atoms with van der Waals surface area (Å²) in [6.07, 6.45) is 0.147. The minimum atomic E-state index is -4.71. The highest BCUT2D eigenvalue weighted by molar-refractivity contribution is 7.18. The van der Waals surface area contributed by atoms with Gasteiger partial charge in [-0.25, -0.2) is 24.4 Å². The van der Waals surface area contributed by atoms with Crippen molar-refractivity contribution in [2.45, 2.75) is 26.1 Å². The summed E-state index contributed by atoms with van der Waals surface area (Å²) in [5, 5.41) is 9.60. The molecule has 0 saturated heterocycles. The first kappa shape index (κ1) is 22.6. The van der Waals surface area contributed by atoms with Gasteiger partial charge in [0.2, 0.25) is 0 Å². The molecule has 33 heavy (non-hydrogen) atoms. The first-order chi connectivity index (χ1) is 15.7. The largest absolute Gasteiger partial charge is 0.420 e. The highest BCUT2D eigenvalue weighted by Gasteiger charge is 2.35. The van der Waals surface area contributed by atoms with Gasteiger partial charge in [0.15, 0.2) is 5.82 Å². The fourth-order valence-corrected chi connectivity index (χ4v) is 4.00. The van der Waals surface area contributed by atoms with Crippen LogP contribution in [0.5, 0.6) is 0 Å². The Labute approximate surface area is 189 Å². The molecule has 0 bridgehead atoms. The number of nitrogens with zero attached hydrogens (tertiary/aromatic N) is 5. The summed E-state index contributed by atoms with van der Waals surface area (Å²) < 4.78 is 47.2. The molecule has 2 N–H and O–H groups in total. The van der Waals surface area contributed by atoms with Crippen LogP contribution in [0.1, 0.15) is 29.2 Å². The Balaban J connectivity index is 1.63. The van der Waals surface area contributed by atoms with Gasteiger partial charge in [0.05, 0.1) is 34.9 Å². The van der Waals surface area contributed by atoms with E-state index in [1.165, 1.54) is 43.1 Å². The van der Waals surface area contributed by atoms with Gasteiger partial charge in [0, 0.05) is 25.1 Å². The van der Waals surface area contributed by atoms with E-state index in [9.17, 15) is 18.0 Å². The molecule has 0 aromatic carbocycles. The van der Waals surface area contributed by atoms with Gasteiger partial charge in [-0.1, -0.05) is 11.3 Å². The fourth-order valence-electron chi connectivity index (χ4n) is 3.22. The van der Waals surface area contributed by atoms with Crippen LogP contribution in [-0.2, 0) is 10.9 Å². The Morgan fingerprint density at radius 3 is 2.70 bits per heavy atom. The molecule has 2 amide bonds. The maximum Gasteiger partial charge on any atom is 0.420 e. The first-order valence-corrected chi connectivity index (χ1v) is 10.4. The normalized spacial score (nSPS) is 12.7. The predicted octanol–water partition coefficient (Wildman–Crippen LogP) is 4.95. The Hall–Kier alpha value is -3.58. The van der Waals surface area contributed by atoms with Crippen LogP contribution < -0.4 is 10.6 Å². The number of ether oxygens (including phenoxy) is 1. The smallest absolute Gasteiger partial charge is 0.377 e. The molecule has 0 fully saturated rings. The molecule has 4 aromatic heterocycles. The highest BCUT2D eigenvalue weighted by Crippen LogP contribution is 2.35. The molecule has 4 rings (SSSR count). The minimum absolute atomic E-state index is 0.143. The number of hydrogen-bond acceptors (Lipinski definition) is 7. The molecule has 0 aliphatic rings. The second kappa shape index (κ2) is 8.75. The van der Waals surface area contributed by atoms with Crippen LogP contribution in [0.25, 0.3) is 16.2 Å². The van der Waals surface area contributed by atoms with Crippen LogP contribution >= 0.6 is 11.3 Å². The lowest BCUT2D eigenvalue weighted by molar-refractivity contribution is -0.137. The van der Waals surface area contributed by atoms with Gasteiger partial charge >= 0.3 is 12.2 Å². The molecule has 4 aromatic rings. The fraction of sp³-hybridized carbons (Fsp3) is 0.250. The van der Waals surface area contributed by atoms with Crippen molar-refractivity contribution in [3.8, 4) is 5.82 Å². The zero-order valence-electron chi connectivity index (χ0n) is 17.6. The van der Waals surface area contributed by atoms with Crippen LogP contribution in [0.4, 0.5) is 29.3 Å². The Kier molecular flexibility index (Phi) is 5.99. The molecule has 9 nitrogen and oxygen atoms in total. The van der Waals surface area contributed by atoms with Crippen molar-refractivity contribution < 1.29 is 22.7 Å². The van der Waals surface area contributed by atoms with E-state index in [0.29, 0.717) is 21.6 Å². The number of aromatic nitrogens is 5. The number of carbonyl (C=O) groups is 1. The number of fused-ring (bicyclic) bond motifs is 1. The summed E-state index contributed by atoms with van der Waals surface area (Å²) in [5.74, 6) is -0.400. The van der Waals surface area contributed by atoms with Crippen molar-refractivity contribution in [2.24, 2.45) is 0 Å². The molecular formula is C20H18F3N7O2S. The number of rotatable bonds is 5. The van der Waals surface area contributed by atoms with E-state index in [1.807, 2.05) is 6.92 Å². The molecule has 4 heterocycles. The monoisotopic (exact) mass is 477 g/mol. The van der Waals surface area contributed by atoms with Gasteiger partial charge in [-0.2, -0.15) is 18.3 Å². The third-order valence-corrected chi connectivity index (χ3v) is 5.61. The van der Waals surface area contributed by atoms with Gasteiger partial charge in [-0.15, -0.1) is 0 Å². The third kappa shape index (κ3) is 4.64. The standard InChI is InChI=1S/C20H18F3N7O2S/c1-10(32-3)15-14(9-25-18-16(15)27-11(2)33-18)29-19(31)28-12-7-13(20(21,22)23)17(24-8-12)30-6-4-5-26-30/h4-10H,1-3H3,(H2,28,29,31). The van der Waals surface area contributed by atoms with Crippen molar-refractivity contribution in [1.29, 1.82) is 0 Å². The number of amides is 2. The van der Waals surface area contributed by atoms with Crippen LogP contribution in [-0.4, -0.2) is 37.9 Å². The van der Waals surface area contributed by atoms with Crippen LogP contribution in [0.15, 0.2) is 36.9 Å². The molecule has 172 valence electrons. The number of aryl methyl sites for hydroxylation is 1. The topological polar surface area (TPSA) is 107 Å². The van der Waals surface area contributed by atoms with E-state index >= 15 is 0 Å². The van der Waals surface area contributed by atoms with Gasteiger partial charge in [-0.05, 0) is 26.0 Å². The summed E-state index contributed by atoms with van der Waals surface area (Å²) in [4.78, 5) is 25.9. The molecule has 1 atom stereocenters. The summed E-state index contributed by atoms with van der Waals surface area (Å²) in [6.45, 7) is 3.63. The van der Waals surface area contributed by atoms with Crippen molar-refractivity contribution in [3.05, 3.63) is 53.1 Å². The molecule has 0 saturated carbocycles. The van der Waals surface area contributed by atoms with E-state index in [0.717, 1.165) is 22.0 Å². The molecular weight excluding hydrogens is 459 g/mol. The lowest BCUT2D eigenvalue weighted by Crippen LogP contribution is -2.22. The number of anilines is 2. The number of halogens is 3. The zero-order chi connectivity index (χ0) is 23.8. The summed E-state index contributed by atoms with van der Waals surface area (Å²) in [6, 6.07) is 1.51. The summed E-state index contributed by atoms with van der Waals surface area (Å²) in [5.41, 5.74) is 0.352. The number of methoxy groups -OCH3 is 1. The molecule has 0 spiro atoms. The zero-order valence-corrected chi connectivity index (χ0v) is 18.5. The minimum Gasteiger partial charge on any atom is -0.377 e. The number of carbonyl (C=O) groups excluding carboxylic acids is 1. The number of thiazole rings is 1.